The predicted molar refractivity (Wildman–Crippen MR) is 90.1 cm³/mol. The van der Waals surface area contributed by atoms with Crippen molar-refractivity contribution < 1.29 is 4.79 Å². The summed E-state index contributed by atoms with van der Waals surface area (Å²) < 4.78 is 0. The van der Waals surface area contributed by atoms with Gasteiger partial charge in [-0.15, -0.1) is 0 Å². The summed E-state index contributed by atoms with van der Waals surface area (Å²) in [6.45, 7) is 3.85. The zero-order valence-electron chi connectivity index (χ0n) is 12.9. The molecule has 2 aromatic carbocycles. The van der Waals surface area contributed by atoms with Gasteiger partial charge in [-0.2, -0.15) is 0 Å². The highest BCUT2D eigenvalue weighted by molar-refractivity contribution is 5.83. The molecule has 22 heavy (non-hydrogen) atoms. The molecule has 3 heteroatoms. The molecule has 1 aliphatic rings. The first-order chi connectivity index (χ1) is 10.7. The summed E-state index contributed by atoms with van der Waals surface area (Å²) in [6.07, 6.45) is 1.00. The number of para-hydroxylation sites is 1. The number of amides is 1. The summed E-state index contributed by atoms with van der Waals surface area (Å²) in [5.41, 5.74) is 2.30. The Morgan fingerprint density at radius 1 is 1.09 bits per heavy atom. The van der Waals surface area contributed by atoms with Crippen molar-refractivity contribution >= 4 is 11.6 Å². The highest BCUT2D eigenvalue weighted by atomic mass is 16.1. The summed E-state index contributed by atoms with van der Waals surface area (Å²) >= 11 is 0. The Morgan fingerprint density at radius 2 is 1.73 bits per heavy atom. The fraction of sp³-hybridized carbons (Fsp3) is 0.316. The maximum atomic E-state index is 12.4. The lowest BCUT2D eigenvalue weighted by molar-refractivity contribution is -0.122. The average Bonchev–Trinajstić information content (AvgIpc) is 3.04. The van der Waals surface area contributed by atoms with Crippen LogP contribution in [0.4, 0.5) is 5.69 Å². The molecule has 0 spiro atoms. The number of anilines is 1. The van der Waals surface area contributed by atoms with Gasteiger partial charge in [-0.05, 0) is 31.0 Å². The molecule has 3 rings (SSSR count). The third kappa shape index (κ3) is 3.30. The van der Waals surface area contributed by atoms with Crippen molar-refractivity contribution in [1.82, 2.24) is 5.32 Å². The monoisotopic (exact) mass is 294 g/mol. The lowest BCUT2D eigenvalue weighted by atomic mass is 10.00. The van der Waals surface area contributed by atoms with E-state index in [0.29, 0.717) is 0 Å². The first-order valence-electron chi connectivity index (χ1n) is 7.89. The minimum Gasteiger partial charge on any atom is -0.369 e. The van der Waals surface area contributed by atoms with Crippen molar-refractivity contribution in [3.63, 3.8) is 0 Å². The van der Waals surface area contributed by atoms with Crippen LogP contribution in [0.15, 0.2) is 60.7 Å². The van der Waals surface area contributed by atoms with Gasteiger partial charge in [0.25, 0.3) is 0 Å². The molecule has 0 radical (unpaired) electrons. The molecule has 3 nitrogen and oxygen atoms in total. The zero-order chi connectivity index (χ0) is 15.4. The largest absolute Gasteiger partial charge is 0.369 e. The molecule has 0 bridgehead atoms. The van der Waals surface area contributed by atoms with Gasteiger partial charge in [-0.25, -0.2) is 0 Å². The fourth-order valence-corrected chi connectivity index (χ4v) is 2.97. The van der Waals surface area contributed by atoms with Crippen LogP contribution in [0.2, 0.25) is 0 Å². The second-order valence-electron chi connectivity index (χ2n) is 5.91. The summed E-state index contributed by atoms with van der Waals surface area (Å²) in [5.74, 6) is 0.0121. The van der Waals surface area contributed by atoms with Crippen molar-refractivity contribution in [2.45, 2.75) is 25.3 Å². The Balaban J connectivity index is 1.57. The molecule has 2 unspecified atom stereocenters. The van der Waals surface area contributed by atoms with Crippen LogP contribution in [-0.2, 0) is 4.79 Å². The van der Waals surface area contributed by atoms with Gasteiger partial charge in [0.15, 0.2) is 0 Å². The third-order valence-corrected chi connectivity index (χ3v) is 4.35. The van der Waals surface area contributed by atoms with E-state index in [1.807, 2.05) is 43.3 Å². The smallest absolute Gasteiger partial charge is 0.227 e. The molecule has 1 heterocycles. The number of carbonyl (C=O) groups is 1. The van der Waals surface area contributed by atoms with Crippen molar-refractivity contribution in [3.05, 3.63) is 66.2 Å². The first-order valence-corrected chi connectivity index (χ1v) is 7.89. The van der Waals surface area contributed by atoms with Gasteiger partial charge in [0, 0.05) is 24.8 Å². The molecule has 1 amide bonds. The predicted octanol–water partition coefficient (Wildman–Crippen LogP) is 3.19. The topological polar surface area (TPSA) is 32.3 Å². The van der Waals surface area contributed by atoms with Gasteiger partial charge in [0.1, 0.15) is 0 Å². The van der Waals surface area contributed by atoms with Crippen molar-refractivity contribution in [3.8, 4) is 0 Å². The molecule has 1 fully saturated rings. The Kier molecular flexibility index (Phi) is 4.42. The average molecular weight is 294 g/mol. The summed E-state index contributed by atoms with van der Waals surface area (Å²) in [5, 5.41) is 3.20. The molecule has 2 aromatic rings. The number of rotatable bonds is 4. The van der Waals surface area contributed by atoms with Crippen LogP contribution in [0.3, 0.4) is 0 Å². The second kappa shape index (κ2) is 6.65. The van der Waals surface area contributed by atoms with Gasteiger partial charge >= 0.3 is 0 Å². The van der Waals surface area contributed by atoms with E-state index in [4.69, 9.17) is 0 Å². The number of nitrogens with zero attached hydrogens (tertiary/aromatic N) is 1. The molecule has 114 valence electrons. The number of benzene rings is 2. The van der Waals surface area contributed by atoms with E-state index in [2.05, 4.69) is 34.5 Å². The van der Waals surface area contributed by atoms with E-state index in [1.54, 1.807) is 0 Å². The Morgan fingerprint density at radius 3 is 2.41 bits per heavy atom. The highest BCUT2D eigenvalue weighted by Gasteiger charge is 2.25. The van der Waals surface area contributed by atoms with Crippen molar-refractivity contribution in [2.24, 2.45) is 0 Å². The summed E-state index contributed by atoms with van der Waals surface area (Å²) in [7, 11) is 0. The normalized spacial score (nSPS) is 19.0. The van der Waals surface area contributed by atoms with E-state index in [9.17, 15) is 4.79 Å². The fourth-order valence-electron chi connectivity index (χ4n) is 2.97. The van der Waals surface area contributed by atoms with Gasteiger partial charge in [-0.3, -0.25) is 4.79 Å². The molecule has 2 atom stereocenters. The molecular formula is C19H22N2O. The van der Waals surface area contributed by atoms with Crippen LogP contribution in [0.25, 0.3) is 0 Å². The van der Waals surface area contributed by atoms with Crippen LogP contribution in [0, 0.1) is 0 Å². The molecule has 0 aliphatic carbocycles. The van der Waals surface area contributed by atoms with Gasteiger partial charge in [0.05, 0.1) is 5.92 Å². The Labute approximate surface area is 132 Å². The molecule has 0 saturated carbocycles. The minimum absolute atomic E-state index is 0.105. The Bertz CT molecular complexity index is 612. The quantitative estimate of drug-likeness (QED) is 0.939. The maximum absolute atomic E-state index is 12.4. The number of hydrogen-bond acceptors (Lipinski definition) is 2. The van der Waals surface area contributed by atoms with E-state index < -0.39 is 0 Å². The standard InChI is InChI=1S/C19H22N2O/c1-15(16-8-4-2-5-9-16)19(22)20-17-12-13-21(14-17)18-10-6-3-7-11-18/h2-11,15,17H,12-14H2,1H3,(H,20,22). The number of nitrogens with one attached hydrogen (secondary N) is 1. The molecule has 1 aliphatic heterocycles. The van der Waals surface area contributed by atoms with Crippen LogP contribution in [-0.4, -0.2) is 25.0 Å². The van der Waals surface area contributed by atoms with Crippen LogP contribution >= 0.6 is 0 Å². The molecule has 0 aromatic heterocycles. The number of carbonyl (C=O) groups excluding carboxylic acids is 1. The van der Waals surface area contributed by atoms with E-state index in [1.165, 1.54) is 5.69 Å². The summed E-state index contributed by atoms with van der Waals surface area (Å²) in [6, 6.07) is 20.6. The molecular weight excluding hydrogens is 272 g/mol. The SMILES string of the molecule is CC(C(=O)NC1CCN(c2ccccc2)C1)c1ccccc1. The van der Waals surface area contributed by atoms with E-state index >= 15 is 0 Å². The lowest BCUT2D eigenvalue weighted by Gasteiger charge is -2.20. The third-order valence-electron chi connectivity index (χ3n) is 4.35. The summed E-state index contributed by atoms with van der Waals surface area (Å²) in [4.78, 5) is 14.7. The maximum Gasteiger partial charge on any atom is 0.227 e. The molecule has 1 saturated heterocycles. The minimum atomic E-state index is -0.105. The van der Waals surface area contributed by atoms with Crippen LogP contribution in [0.1, 0.15) is 24.8 Å². The van der Waals surface area contributed by atoms with Gasteiger partial charge in [0.2, 0.25) is 5.91 Å². The van der Waals surface area contributed by atoms with E-state index in [0.717, 1.165) is 25.1 Å². The lowest BCUT2D eigenvalue weighted by Crippen LogP contribution is -2.39. The van der Waals surface area contributed by atoms with Gasteiger partial charge in [-0.1, -0.05) is 48.5 Å². The van der Waals surface area contributed by atoms with Crippen LogP contribution < -0.4 is 10.2 Å². The molecule has 1 N–H and O–H groups in total. The first kappa shape index (κ1) is 14.6. The van der Waals surface area contributed by atoms with Gasteiger partial charge < -0.3 is 10.2 Å². The number of hydrogen-bond donors (Lipinski definition) is 1. The highest BCUT2D eigenvalue weighted by Crippen LogP contribution is 2.21. The van der Waals surface area contributed by atoms with E-state index in [-0.39, 0.29) is 17.9 Å². The second-order valence-corrected chi connectivity index (χ2v) is 5.91. The van der Waals surface area contributed by atoms with Crippen LogP contribution in [0.5, 0.6) is 0 Å². The van der Waals surface area contributed by atoms with Crippen molar-refractivity contribution in [1.29, 1.82) is 0 Å². The van der Waals surface area contributed by atoms with Crippen molar-refractivity contribution in [2.75, 3.05) is 18.0 Å². The zero-order valence-corrected chi connectivity index (χ0v) is 12.9. The Hall–Kier alpha value is -2.29.